The van der Waals surface area contributed by atoms with Gasteiger partial charge in [0, 0.05) is 4.47 Å². The average molecular weight is 453 g/mol. The first kappa shape index (κ1) is 20.3. The fourth-order valence-corrected chi connectivity index (χ4v) is 2.85. The van der Waals surface area contributed by atoms with E-state index in [9.17, 15) is 9.59 Å². The van der Waals surface area contributed by atoms with Gasteiger partial charge in [-0.2, -0.15) is 5.10 Å². The number of hydrogen-bond donors (Lipinski definition) is 1. The minimum absolute atomic E-state index is 0.321. The molecule has 0 atom stereocenters. The van der Waals surface area contributed by atoms with Crippen LogP contribution in [0.15, 0.2) is 82.4 Å². The molecule has 0 aliphatic heterocycles. The number of ether oxygens (including phenoxy) is 2. The van der Waals surface area contributed by atoms with Gasteiger partial charge in [-0.3, -0.25) is 4.79 Å². The van der Waals surface area contributed by atoms with Crippen molar-refractivity contribution in [3.8, 4) is 11.5 Å². The summed E-state index contributed by atoms with van der Waals surface area (Å²) >= 11 is 3.32. The Kier molecular flexibility index (Phi) is 6.76. The maximum Gasteiger partial charge on any atom is 0.343 e. The first-order valence-electron chi connectivity index (χ1n) is 8.61. The maximum absolute atomic E-state index is 12.2. The van der Waals surface area contributed by atoms with E-state index in [1.165, 1.54) is 6.21 Å². The smallest absolute Gasteiger partial charge is 0.343 e. The molecule has 29 heavy (non-hydrogen) atoms. The molecule has 0 aromatic heterocycles. The van der Waals surface area contributed by atoms with E-state index < -0.39 is 5.97 Å². The van der Waals surface area contributed by atoms with Gasteiger partial charge < -0.3 is 9.47 Å². The van der Waals surface area contributed by atoms with Crippen LogP contribution in [0.1, 0.15) is 26.3 Å². The van der Waals surface area contributed by atoms with E-state index >= 15 is 0 Å². The lowest BCUT2D eigenvalue weighted by atomic mass is 10.2. The topological polar surface area (TPSA) is 77.0 Å². The number of hydrazone groups is 1. The van der Waals surface area contributed by atoms with Crippen LogP contribution >= 0.6 is 15.9 Å². The summed E-state index contributed by atoms with van der Waals surface area (Å²) in [6.45, 7) is 0. The van der Waals surface area contributed by atoms with Gasteiger partial charge in [-0.1, -0.05) is 12.1 Å². The molecule has 0 heterocycles. The molecule has 0 radical (unpaired) electrons. The Morgan fingerprint density at radius 1 is 0.931 bits per heavy atom. The second kappa shape index (κ2) is 9.66. The van der Waals surface area contributed by atoms with E-state index in [0.29, 0.717) is 27.1 Å². The summed E-state index contributed by atoms with van der Waals surface area (Å²) in [7, 11) is 1.56. The summed E-state index contributed by atoms with van der Waals surface area (Å²) in [4.78, 5) is 24.3. The third-order valence-electron chi connectivity index (χ3n) is 3.91. The zero-order valence-electron chi connectivity index (χ0n) is 15.5. The molecule has 3 aromatic rings. The molecule has 3 aromatic carbocycles. The monoisotopic (exact) mass is 452 g/mol. The summed E-state index contributed by atoms with van der Waals surface area (Å²) in [5.74, 6) is 0.283. The zero-order valence-corrected chi connectivity index (χ0v) is 17.0. The molecule has 0 bridgehead atoms. The summed E-state index contributed by atoms with van der Waals surface area (Å²) in [6.07, 6.45) is 1.50. The van der Waals surface area contributed by atoms with E-state index in [1.54, 1.807) is 73.8 Å². The van der Waals surface area contributed by atoms with Gasteiger partial charge in [0.25, 0.3) is 5.91 Å². The maximum atomic E-state index is 12.2. The lowest BCUT2D eigenvalue weighted by Crippen LogP contribution is -2.18. The first-order chi connectivity index (χ1) is 14.1. The largest absolute Gasteiger partial charge is 0.497 e. The summed E-state index contributed by atoms with van der Waals surface area (Å²) in [5, 5.41) is 3.95. The lowest BCUT2D eigenvalue weighted by Gasteiger charge is -2.05. The lowest BCUT2D eigenvalue weighted by molar-refractivity contribution is 0.0734. The molecule has 146 valence electrons. The fourth-order valence-electron chi connectivity index (χ4n) is 2.39. The molecule has 0 aliphatic carbocycles. The van der Waals surface area contributed by atoms with Crippen LogP contribution in [0.5, 0.6) is 11.5 Å². The van der Waals surface area contributed by atoms with Crippen molar-refractivity contribution in [2.45, 2.75) is 0 Å². The predicted octanol–water partition coefficient (Wildman–Crippen LogP) is 4.44. The molecule has 0 unspecified atom stereocenters. The highest BCUT2D eigenvalue weighted by Crippen LogP contribution is 2.17. The van der Waals surface area contributed by atoms with Gasteiger partial charge in [-0.05, 0) is 82.2 Å². The van der Waals surface area contributed by atoms with Crippen LogP contribution in [0.4, 0.5) is 0 Å². The van der Waals surface area contributed by atoms with E-state index in [1.807, 2.05) is 6.07 Å². The number of esters is 1. The molecule has 1 amide bonds. The number of nitrogens with one attached hydrogen (secondary N) is 1. The highest BCUT2D eigenvalue weighted by Gasteiger charge is 2.09. The number of halogens is 1. The molecule has 0 aliphatic rings. The van der Waals surface area contributed by atoms with Crippen molar-refractivity contribution in [1.29, 1.82) is 0 Å². The van der Waals surface area contributed by atoms with E-state index in [2.05, 4.69) is 26.5 Å². The number of nitrogens with zero attached hydrogens (tertiary/aromatic N) is 1. The van der Waals surface area contributed by atoms with Crippen LogP contribution in [-0.2, 0) is 0 Å². The highest BCUT2D eigenvalue weighted by molar-refractivity contribution is 9.10. The van der Waals surface area contributed by atoms with Crippen LogP contribution in [0, 0.1) is 0 Å². The number of carbonyl (C=O) groups excluding carboxylic acids is 2. The molecule has 7 heteroatoms. The van der Waals surface area contributed by atoms with Gasteiger partial charge in [0.05, 0.1) is 24.5 Å². The van der Waals surface area contributed by atoms with Crippen molar-refractivity contribution in [1.82, 2.24) is 5.43 Å². The molecule has 3 rings (SSSR count). The van der Waals surface area contributed by atoms with E-state index in [0.717, 1.165) is 5.56 Å². The molecule has 0 saturated carbocycles. The fraction of sp³-hybridized carbons (Fsp3) is 0.0455. The number of methoxy groups -OCH3 is 1. The van der Waals surface area contributed by atoms with Gasteiger partial charge in [-0.15, -0.1) is 0 Å². The molecular formula is C22H17BrN2O4. The summed E-state index contributed by atoms with van der Waals surface area (Å²) in [5.41, 5.74) is 4.12. The van der Waals surface area contributed by atoms with Crippen molar-refractivity contribution < 1.29 is 19.1 Å². The predicted molar refractivity (Wildman–Crippen MR) is 114 cm³/mol. The molecule has 0 fully saturated rings. The van der Waals surface area contributed by atoms with Crippen LogP contribution < -0.4 is 14.9 Å². The second-order valence-electron chi connectivity index (χ2n) is 5.87. The van der Waals surface area contributed by atoms with E-state index in [-0.39, 0.29) is 5.91 Å². The summed E-state index contributed by atoms with van der Waals surface area (Å²) < 4.78 is 11.1. The normalized spacial score (nSPS) is 10.6. The van der Waals surface area contributed by atoms with E-state index in [4.69, 9.17) is 9.47 Å². The van der Waals surface area contributed by atoms with Crippen LogP contribution in [-0.4, -0.2) is 25.2 Å². The quantitative estimate of drug-likeness (QED) is 0.259. The van der Waals surface area contributed by atoms with Gasteiger partial charge in [0.15, 0.2) is 0 Å². The van der Waals surface area contributed by atoms with Gasteiger partial charge in [0.1, 0.15) is 11.5 Å². The third kappa shape index (κ3) is 5.52. The Labute approximate surface area is 176 Å². The number of rotatable bonds is 6. The Morgan fingerprint density at radius 3 is 2.24 bits per heavy atom. The molecule has 1 N–H and O–H groups in total. The Balaban J connectivity index is 1.56. The Hall–Kier alpha value is -3.45. The molecule has 0 saturated heterocycles. The van der Waals surface area contributed by atoms with Crippen molar-refractivity contribution in [3.05, 3.63) is 94.0 Å². The van der Waals surface area contributed by atoms with Gasteiger partial charge >= 0.3 is 5.97 Å². The molecule has 0 spiro atoms. The first-order valence-corrected chi connectivity index (χ1v) is 9.40. The molecular weight excluding hydrogens is 436 g/mol. The van der Waals surface area contributed by atoms with Crippen LogP contribution in [0.3, 0.4) is 0 Å². The number of amides is 1. The minimum atomic E-state index is -0.463. The molecule has 6 nitrogen and oxygen atoms in total. The minimum Gasteiger partial charge on any atom is -0.497 e. The van der Waals surface area contributed by atoms with Gasteiger partial charge in [0.2, 0.25) is 0 Å². The van der Waals surface area contributed by atoms with Crippen molar-refractivity contribution in [2.75, 3.05) is 7.11 Å². The van der Waals surface area contributed by atoms with Crippen LogP contribution in [0.2, 0.25) is 0 Å². The SMILES string of the molecule is COc1ccc(C(=O)Oc2ccc(/C=N\NC(=O)c3ccccc3Br)cc2)cc1. The summed E-state index contributed by atoms with van der Waals surface area (Å²) in [6, 6.07) is 20.5. The zero-order chi connectivity index (χ0) is 20.6. The Bertz CT molecular complexity index is 1030. The van der Waals surface area contributed by atoms with Crippen molar-refractivity contribution in [3.63, 3.8) is 0 Å². The average Bonchev–Trinajstić information content (AvgIpc) is 2.75. The second-order valence-corrected chi connectivity index (χ2v) is 6.72. The van der Waals surface area contributed by atoms with Crippen molar-refractivity contribution in [2.24, 2.45) is 5.10 Å². The van der Waals surface area contributed by atoms with Crippen LogP contribution in [0.25, 0.3) is 0 Å². The number of carbonyl (C=O) groups is 2. The van der Waals surface area contributed by atoms with Gasteiger partial charge in [-0.25, -0.2) is 10.2 Å². The van der Waals surface area contributed by atoms with Crippen molar-refractivity contribution >= 4 is 34.0 Å². The number of hydrogen-bond acceptors (Lipinski definition) is 5. The third-order valence-corrected chi connectivity index (χ3v) is 4.61. The number of benzene rings is 3. The Morgan fingerprint density at radius 2 is 1.59 bits per heavy atom. The highest BCUT2D eigenvalue weighted by atomic mass is 79.9. The standard InChI is InChI=1S/C22H17BrN2O4/c1-28-17-12-8-16(9-13-17)22(27)29-18-10-6-15(7-11-18)14-24-25-21(26)19-4-2-3-5-20(19)23/h2-14H,1H3,(H,25,26)/b24-14-.